The third-order valence-corrected chi connectivity index (χ3v) is 6.35. The van der Waals surface area contributed by atoms with E-state index in [4.69, 9.17) is 27.9 Å². The Morgan fingerprint density at radius 3 is 2.56 bits per heavy atom. The number of hydrogen-bond donors (Lipinski definition) is 2. The molecule has 2 N–H and O–H groups in total. The molecule has 1 unspecified atom stereocenters. The van der Waals surface area contributed by atoms with Crippen molar-refractivity contribution in [1.82, 2.24) is 9.55 Å². The molecule has 0 bridgehead atoms. The summed E-state index contributed by atoms with van der Waals surface area (Å²) in [5, 5.41) is 11.2. The van der Waals surface area contributed by atoms with Gasteiger partial charge in [-0.1, -0.05) is 29.3 Å². The molecule has 0 spiro atoms. The zero-order chi connectivity index (χ0) is 23.2. The highest BCUT2D eigenvalue weighted by atomic mass is 35.5. The number of aromatic nitrogens is 2. The highest BCUT2D eigenvalue weighted by Gasteiger charge is 2.21. The van der Waals surface area contributed by atoms with Crippen molar-refractivity contribution in [3.05, 3.63) is 88.9 Å². The Morgan fingerprint density at radius 1 is 1.22 bits per heavy atom. The van der Waals surface area contributed by atoms with Crippen molar-refractivity contribution in [2.24, 2.45) is 0 Å². The Balaban J connectivity index is 1.83. The lowest BCUT2D eigenvalue weighted by Crippen LogP contribution is -2.34. The molecule has 0 aliphatic rings. The molecule has 0 amide bonds. The van der Waals surface area contributed by atoms with Crippen molar-refractivity contribution < 1.29 is 19.0 Å². The zero-order valence-corrected chi connectivity index (χ0v) is 18.5. The molecule has 4 rings (SSSR count). The van der Waals surface area contributed by atoms with Gasteiger partial charge in [0.05, 0.1) is 16.6 Å². The maximum absolute atomic E-state index is 14.7. The minimum Gasteiger partial charge on any atom is -0.486 e. The molecule has 7 nitrogen and oxygen atoms in total. The minimum atomic E-state index is -1.33. The van der Waals surface area contributed by atoms with E-state index in [0.29, 0.717) is 20.2 Å². The second-order valence-electron chi connectivity index (χ2n) is 6.74. The highest BCUT2D eigenvalue weighted by molar-refractivity contribution is 7.13. The lowest BCUT2D eigenvalue weighted by atomic mass is 10.1. The van der Waals surface area contributed by atoms with E-state index in [0.717, 1.165) is 17.4 Å². The van der Waals surface area contributed by atoms with Crippen molar-refractivity contribution >= 4 is 51.4 Å². The number of aromatic carboxylic acids is 1. The number of carbonyl (C=O) groups is 1. The van der Waals surface area contributed by atoms with Crippen LogP contribution in [0.3, 0.4) is 0 Å². The lowest BCUT2D eigenvalue weighted by molar-refractivity contribution is 0.0704. The van der Waals surface area contributed by atoms with Gasteiger partial charge in [0.2, 0.25) is 0 Å². The van der Waals surface area contributed by atoms with E-state index in [1.807, 2.05) is 0 Å². The van der Waals surface area contributed by atoms with Crippen LogP contribution in [0.15, 0.2) is 51.4 Å². The average molecular weight is 495 g/mol. The van der Waals surface area contributed by atoms with Crippen LogP contribution in [0.25, 0.3) is 16.6 Å². The van der Waals surface area contributed by atoms with Gasteiger partial charge in [-0.15, -0.1) is 11.3 Å². The summed E-state index contributed by atoms with van der Waals surface area (Å²) >= 11 is 13.2. The van der Waals surface area contributed by atoms with E-state index in [-0.39, 0.29) is 21.5 Å². The molecule has 2 aromatic carbocycles. The van der Waals surface area contributed by atoms with Crippen molar-refractivity contribution in [2.75, 3.05) is 0 Å². The number of aromatic amines is 1. The monoisotopic (exact) mass is 494 g/mol. The number of halogens is 3. The molecular weight excluding hydrogens is 482 g/mol. The van der Waals surface area contributed by atoms with E-state index >= 15 is 0 Å². The predicted molar refractivity (Wildman–Crippen MR) is 120 cm³/mol. The zero-order valence-electron chi connectivity index (χ0n) is 16.2. The van der Waals surface area contributed by atoms with Crippen LogP contribution in [-0.4, -0.2) is 20.6 Å². The molecule has 32 heavy (non-hydrogen) atoms. The van der Waals surface area contributed by atoms with Gasteiger partial charge >= 0.3 is 11.7 Å². The number of ether oxygens (including phenoxy) is 1. The molecule has 0 aliphatic heterocycles. The van der Waals surface area contributed by atoms with Crippen molar-refractivity contribution in [3.8, 4) is 11.4 Å². The standard InChI is InChI=1S/C21H13Cl2FN2O5S/c1-9(16-11(22)3-2-4-12(16)23)31-10-5-6-13(24)15(7-10)26-19(27)17-14(25-21(26)30)8-32-18(17)20(28)29/h2-9H,1H3,(H,25,30)(H,28,29). The van der Waals surface area contributed by atoms with Crippen LogP contribution >= 0.6 is 34.5 Å². The molecule has 2 heterocycles. The Morgan fingerprint density at radius 2 is 1.91 bits per heavy atom. The lowest BCUT2D eigenvalue weighted by Gasteiger charge is -2.18. The van der Waals surface area contributed by atoms with E-state index in [1.54, 1.807) is 25.1 Å². The number of benzene rings is 2. The smallest absolute Gasteiger partial charge is 0.346 e. The van der Waals surface area contributed by atoms with Gasteiger partial charge in [0.1, 0.15) is 22.5 Å². The number of hydrogen-bond acceptors (Lipinski definition) is 5. The van der Waals surface area contributed by atoms with E-state index in [9.17, 15) is 23.9 Å². The molecule has 2 aromatic heterocycles. The Hall–Kier alpha value is -3.14. The fraction of sp³-hybridized carbons (Fsp3) is 0.0952. The number of nitrogens with zero attached hydrogens (tertiary/aromatic N) is 1. The van der Waals surface area contributed by atoms with Gasteiger partial charge in [-0.25, -0.2) is 18.5 Å². The number of carboxylic acid groups (broad SMARTS) is 1. The predicted octanol–water partition coefficient (Wildman–Crippen LogP) is 5.02. The van der Waals surface area contributed by atoms with Crippen LogP contribution in [0, 0.1) is 5.82 Å². The van der Waals surface area contributed by atoms with Crippen LogP contribution in [-0.2, 0) is 0 Å². The molecule has 0 aliphatic carbocycles. The SMILES string of the molecule is CC(Oc1ccc(F)c(-n2c(=O)[nH]c3csc(C(=O)O)c3c2=O)c1)c1c(Cl)cccc1Cl. The van der Waals surface area contributed by atoms with E-state index in [1.165, 1.54) is 17.5 Å². The molecule has 164 valence electrons. The van der Waals surface area contributed by atoms with Gasteiger partial charge in [0, 0.05) is 27.1 Å². The summed E-state index contributed by atoms with van der Waals surface area (Å²) < 4.78 is 21.0. The van der Waals surface area contributed by atoms with Gasteiger partial charge in [0.15, 0.2) is 0 Å². The average Bonchev–Trinajstić information content (AvgIpc) is 3.14. The van der Waals surface area contributed by atoms with Gasteiger partial charge in [-0.2, -0.15) is 0 Å². The van der Waals surface area contributed by atoms with Crippen LogP contribution < -0.4 is 16.0 Å². The summed E-state index contributed by atoms with van der Waals surface area (Å²) in [6, 6.07) is 8.51. The van der Waals surface area contributed by atoms with Crippen molar-refractivity contribution in [3.63, 3.8) is 0 Å². The Labute approximate surface area is 193 Å². The Bertz CT molecular complexity index is 1470. The number of nitrogens with one attached hydrogen (secondary N) is 1. The van der Waals surface area contributed by atoms with E-state index < -0.39 is 34.8 Å². The third-order valence-electron chi connectivity index (χ3n) is 4.72. The molecule has 0 saturated carbocycles. The quantitative estimate of drug-likeness (QED) is 0.405. The largest absolute Gasteiger partial charge is 0.486 e. The third kappa shape index (κ3) is 3.79. The first kappa shape index (κ1) is 22.1. The summed E-state index contributed by atoms with van der Waals surface area (Å²) in [4.78, 5) is 39.1. The Kier molecular flexibility index (Phi) is 5.81. The second-order valence-corrected chi connectivity index (χ2v) is 8.43. The highest BCUT2D eigenvalue weighted by Crippen LogP contribution is 2.33. The molecule has 4 aromatic rings. The molecule has 11 heteroatoms. The summed E-state index contributed by atoms with van der Waals surface area (Å²) in [6.07, 6.45) is -0.637. The van der Waals surface area contributed by atoms with Gasteiger partial charge in [-0.3, -0.25) is 4.79 Å². The van der Waals surface area contributed by atoms with Gasteiger partial charge in [0.25, 0.3) is 5.56 Å². The summed E-state index contributed by atoms with van der Waals surface area (Å²) in [5.74, 6) is -2.07. The number of thiophene rings is 1. The summed E-state index contributed by atoms with van der Waals surface area (Å²) in [6.45, 7) is 1.69. The minimum absolute atomic E-state index is 0.0634. The van der Waals surface area contributed by atoms with Gasteiger partial charge < -0.3 is 14.8 Å². The van der Waals surface area contributed by atoms with E-state index in [2.05, 4.69) is 4.98 Å². The fourth-order valence-corrected chi connectivity index (χ4v) is 4.85. The maximum atomic E-state index is 14.7. The number of carboxylic acids is 1. The van der Waals surface area contributed by atoms with Crippen LogP contribution in [0.5, 0.6) is 5.75 Å². The number of fused-ring (bicyclic) bond motifs is 1. The molecule has 1 atom stereocenters. The first-order valence-corrected chi connectivity index (χ1v) is 10.7. The second kappa shape index (κ2) is 8.42. The topological polar surface area (TPSA) is 101 Å². The fourth-order valence-electron chi connectivity index (χ4n) is 3.31. The molecule has 0 fully saturated rings. The van der Waals surface area contributed by atoms with Crippen LogP contribution in [0.4, 0.5) is 4.39 Å². The van der Waals surface area contributed by atoms with Gasteiger partial charge in [-0.05, 0) is 31.2 Å². The normalized spacial score (nSPS) is 12.1. The van der Waals surface area contributed by atoms with Crippen LogP contribution in [0.2, 0.25) is 10.0 Å². The summed E-state index contributed by atoms with van der Waals surface area (Å²) in [7, 11) is 0. The number of H-pyrrole nitrogens is 1. The van der Waals surface area contributed by atoms with Crippen molar-refractivity contribution in [2.45, 2.75) is 13.0 Å². The first-order chi connectivity index (χ1) is 15.2. The maximum Gasteiger partial charge on any atom is 0.346 e. The van der Waals surface area contributed by atoms with Crippen LogP contribution in [0.1, 0.15) is 28.3 Å². The first-order valence-electron chi connectivity index (χ1n) is 9.09. The molecular formula is C21H13Cl2FN2O5S. The molecule has 0 saturated heterocycles. The molecule has 0 radical (unpaired) electrons. The number of rotatable bonds is 5. The summed E-state index contributed by atoms with van der Waals surface area (Å²) in [5.41, 5.74) is -1.69. The van der Waals surface area contributed by atoms with Crippen molar-refractivity contribution in [1.29, 1.82) is 0 Å².